The second-order valence-corrected chi connectivity index (χ2v) is 7.13. The molecule has 0 amide bonds. The molecule has 1 heterocycles. The fourth-order valence-electron chi connectivity index (χ4n) is 4.13. The van der Waals surface area contributed by atoms with Crippen LogP contribution < -0.4 is 10.6 Å². The Balaban J connectivity index is 1.69. The molecule has 2 fully saturated rings. The second-order valence-electron chi connectivity index (χ2n) is 7.13. The lowest BCUT2D eigenvalue weighted by atomic mass is 9.78. The maximum atomic E-state index is 6.34. The zero-order valence-corrected chi connectivity index (χ0v) is 13.6. The zero-order valence-electron chi connectivity index (χ0n) is 13.6. The van der Waals surface area contributed by atoms with Gasteiger partial charge in [-0.15, -0.1) is 0 Å². The average molecular weight is 287 g/mol. The first-order valence-corrected chi connectivity index (χ1v) is 8.33. The lowest BCUT2D eigenvalue weighted by molar-refractivity contribution is 0.245. The van der Waals surface area contributed by atoms with Crippen LogP contribution in [0.2, 0.25) is 0 Å². The van der Waals surface area contributed by atoms with Crippen molar-refractivity contribution in [3.8, 4) is 0 Å². The molecule has 1 saturated heterocycles. The molecule has 1 aromatic rings. The minimum absolute atomic E-state index is 0.428. The molecular weight excluding hydrogens is 258 g/mol. The predicted molar refractivity (Wildman–Crippen MR) is 89.6 cm³/mol. The summed E-state index contributed by atoms with van der Waals surface area (Å²) in [6.07, 6.45) is 3.92. The van der Waals surface area contributed by atoms with Crippen molar-refractivity contribution >= 4 is 5.69 Å². The van der Waals surface area contributed by atoms with Crippen LogP contribution in [0.1, 0.15) is 37.8 Å². The van der Waals surface area contributed by atoms with Crippen molar-refractivity contribution < 1.29 is 0 Å². The summed E-state index contributed by atoms with van der Waals surface area (Å²) >= 11 is 0. The van der Waals surface area contributed by atoms with Crippen molar-refractivity contribution in [2.75, 3.05) is 32.1 Å². The molecule has 2 N–H and O–H groups in total. The number of rotatable bonds is 3. The Labute approximate surface area is 129 Å². The first kappa shape index (κ1) is 14.9. The molecule has 21 heavy (non-hydrogen) atoms. The Morgan fingerprint density at radius 1 is 1.14 bits per heavy atom. The van der Waals surface area contributed by atoms with Gasteiger partial charge in [0.1, 0.15) is 0 Å². The lowest BCUT2D eigenvalue weighted by Gasteiger charge is -2.30. The summed E-state index contributed by atoms with van der Waals surface area (Å²) in [5.74, 6) is 1.56. The maximum absolute atomic E-state index is 6.34. The third-order valence-electron chi connectivity index (χ3n) is 5.62. The number of likely N-dealkylation sites (tertiary alicyclic amines) is 1. The SMILES string of the molecule is CC(c1ccc(N(C)C)cc1)N1CC2CCCC(N)C2C1. The van der Waals surface area contributed by atoms with Crippen LogP contribution in [0.25, 0.3) is 0 Å². The van der Waals surface area contributed by atoms with E-state index in [0.29, 0.717) is 12.1 Å². The van der Waals surface area contributed by atoms with Crippen molar-refractivity contribution in [2.45, 2.75) is 38.3 Å². The fourth-order valence-corrected chi connectivity index (χ4v) is 4.13. The average Bonchev–Trinajstić information content (AvgIpc) is 2.92. The lowest BCUT2D eigenvalue weighted by Crippen LogP contribution is -2.38. The van der Waals surface area contributed by atoms with Crippen LogP contribution in [0.3, 0.4) is 0 Å². The number of anilines is 1. The highest BCUT2D eigenvalue weighted by Crippen LogP contribution is 2.39. The Bertz CT molecular complexity index is 468. The van der Waals surface area contributed by atoms with E-state index in [1.165, 1.54) is 43.6 Å². The third kappa shape index (κ3) is 2.95. The van der Waals surface area contributed by atoms with Gasteiger partial charge in [0, 0.05) is 45.0 Å². The molecule has 4 atom stereocenters. The first-order valence-electron chi connectivity index (χ1n) is 8.33. The minimum atomic E-state index is 0.428. The van der Waals surface area contributed by atoms with Gasteiger partial charge >= 0.3 is 0 Å². The molecule has 0 spiro atoms. The highest BCUT2D eigenvalue weighted by molar-refractivity contribution is 5.46. The number of hydrogen-bond acceptors (Lipinski definition) is 3. The van der Waals surface area contributed by atoms with E-state index in [2.05, 4.69) is 55.1 Å². The van der Waals surface area contributed by atoms with E-state index in [1.807, 2.05) is 0 Å². The maximum Gasteiger partial charge on any atom is 0.0361 e. The van der Waals surface area contributed by atoms with Crippen molar-refractivity contribution in [3.05, 3.63) is 29.8 Å². The molecule has 4 unspecified atom stereocenters. The number of nitrogens with zero attached hydrogens (tertiary/aromatic N) is 2. The van der Waals surface area contributed by atoms with Gasteiger partial charge in [-0.3, -0.25) is 4.90 Å². The van der Waals surface area contributed by atoms with Crippen LogP contribution in [0.15, 0.2) is 24.3 Å². The Hall–Kier alpha value is -1.06. The molecule has 3 heteroatoms. The first-order chi connectivity index (χ1) is 10.1. The molecule has 1 saturated carbocycles. The van der Waals surface area contributed by atoms with Crippen LogP contribution in [-0.2, 0) is 0 Å². The van der Waals surface area contributed by atoms with E-state index in [-0.39, 0.29) is 0 Å². The van der Waals surface area contributed by atoms with E-state index < -0.39 is 0 Å². The van der Waals surface area contributed by atoms with E-state index in [1.54, 1.807) is 0 Å². The molecular formula is C18H29N3. The quantitative estimate of drug-likeness (QED) is 0.928. The van der Waals surface area contributed by atoms with Gasteiger partial charge in [-0.05, 0) is 49.3 Å². The predicted octanol–water partition coefficient (Wildman–Crippen LogP) is 2.87. The van der Waals surface area contributed by atoms with Crippen molar-refractivity contribution in [1.82, 2.24) is 4.90 Å². The summed E-state index contributed by atoms with van der Waals surface area (Å²) in [4.78, 5) is 4.79. The summed E-state index contributed by atoms with van der Waals surface area (Å²) < 4.78 is 0. The Morgan fingerprint density at radius 3 is 2.48 bits per heavy atom. The molecule has 3 nitrogen and oxygen atoms in total. The summed E-state index contributed by atoms with van der Waals surface area (Å²) in [7, 11) is 4.18. The molecule has 1 aromatic carbocycles. The summed E-state index contributed by atoms with van der Waals surface area (Å²) in [5, 5.41) is 0. The highest BCUT2D eigenvalue weighted by Gasteiger charge is 2.40. The Kier molecular flexibility index (Phi) is 4.23. The number of hydrogen-bond donors (Lipinski definition) is 1. The van der Waals surface area contributed by atoms with Crippen molar-refractivity contribution in [1.29, 1.82) is 0 Å². The minimum Gasteiger partial charge on any atom is -0.378 e. The standard InChI is InChI=1S/C18H29N3/c1-13(14-7-9-16(10-8-14)20(2)3)21-11-15-5-4-6-18(19)17(15)12-21/h7-10,13,15,17-18H,4-6,11-12,19H2,1-3H3. The number of fused-ring (bicyclic) bond motifs is 1. The van der Waals surface area contributed by atoms with Gasteiger partial charge in [-0.2, -0.15) is 0 Å². The molecule has 116 valence electrons. The molecule has 1 aliphatic heterocycles. The topological polar surface area (TPSA) is 32.5 Å². The van der Waals surface area contributed by atoms with Gasteiger partial charge in [0.05, 0.1) is 0 Å². The van der Waals surface area contributed by atoms with E-state index in [4.69, 9.17) is 5.73 Å². The van der Waals surface area contributed by atoms with Crippen molar-refractivity contribution in [3.63, 3.8) is 0 Å². The molecule has 0 radical (unpaired) electrons. The molecule has 2 aliphatic rings. The second kappa shape index (κ2) is 5.98. The van der Waals surface area contributed by atoms with Crippen LogP contribution >= 0.6 is 0 Å². The van der Waals surface area contributed by atoms with E-state index in [0.717, 1.165) is 11.8 Å². The molecule has 0 bridgehead atoms. The normalized spacial score (nSPS) is 31.0. The van der Waals surface area contributed by atoms with Crippen molar-refractivity contribution in [2.24, 2.45) is 17.6 Å². The summed E-state index contributed by atoms with van der Waals surface area (Å²) in [6, 6.07) is 9.93. The molecule has 1 aliphatic carbocycles. The number of benzene rings is 1. The van der Waals surface area contributed by atoms with Gasteiger partial charge in [0.2, 0.25) is 0 Å². The van der Waals surface area contributed by atoms with Gasteiger partial charge in [-0.25, -0.2) is 0 Å². The van der Waals surface area contributed by atoms with Crippen LogP contribution in [0.5, 0.6) is 0 Å². The van der Waals surface area contributed by atoms with Gasteiger partial charge < -0.3 is 10.6 Å². The summed E-state index contributed by atoms with van der Waals surface area (Å²) in [5.41, 5.74) is 9.03. The fraction of sp³-hybridized carbons (Fsp3) is 0.667. The largest absolute Gasteiger partial charge is 0.378 e. The molecule has 3 rings (SSSR count). The highest BCUT2D eigenvalue weighted by atomic mass is 15.2. The third-order valence-corrected chi connectivity index (χ3v) is 5.62. The smallest absolute Gasteiger partial charge is 0.0361 e. The van der Waals surface area contributed by atoms with E-state index >= 15 is 0 Å². The van der Waals surface area contributed by atoms with Crippen LogP contribution in [0, 0.1) is 11.8 Å². The zero-order chi connectivity index (χ0) is 15.0. The van der Waals surface area contributed by atoms with Gasteiger partial charge in [0.25, 0.3) is 0 Å². The summed E-state index contributed by atoms with van der Waals surface area (Å²) in [6.45, 7) is 4.75. The monoisotopic (exact) mass is 287 g/mol. The van der Waals surface area contributed by atoms with Crippen LogP contribution in [0.4, 0.5) is 5.69 Å². The van der Waals surface area contributed by atoms with Crippen LogP contribution in [-0.4, -0.2) is 38.1 Å². The van der Waals surface area contributed by atoms with E-state index in [9.17, 15) is 0 Å². The van der Waals surface area contributed by atoms with Gasteiger partial charge in [0.15, 0.2) is 0 Å². The molecule has 0 aromatic heterocycles. The Morgan fingerprint density at radius 2 is 1.86 bits per heavy atom. The number of nitrogens with two attached hydrogens (primary N) is 1. The van der Waals surface area contributed by atoms with Gasteiger partial charge in [-0.1, -0.05) is 18.6 Å².